The van der Waals surface area contributed by atoms with E-state index in [2.05, 4.69) is 0 Å². The summed E-state index contributed by atoms with van der Waals surface area (Å²) in [4.78, 5) is 64.0. The first kappa shape index (κ1) is 23.6. The lowest BCUT2D eigenvalue weighted by molar-refractivity contribution is -0.140. The molecule has 2 aliphatic rings. The molecular formula is C19H28N4O7. The number of carboxylic acids is 2. The Bertz CT molecular complexity index is 663. The van der Waals surface area contributed by atoms with Gasteiger partial charge in [0.15, 0.2) is 0 Å². The van der Waals surface area contributed by atoms with E-state index in [1.807, 2.05) is 4.90 Å². The largest absolute Gasteiger partial charge is 0.480 e. The number of imide groups is 1. The molecule has 2 aliphatic heterocycles. The molecule has 0 unspecified atom stereocenters. The number of carbonyl (C=O) groups is 5. The van der Waals surface area contributed by atoms with E-state index >= 15 is 0 Å². The molecule has 0 aliphatic carbocycles. The molecule has 2 amide bonds. The lowest BCUT2D eigenvalue weighted by Crippen LogP contribution is -2.40. The van der Waals surface area contributed by atoms with Crippen LogP contribution < -0.4 is 0 Å². The number of ketones is 1. The van der Waals surface area contributed by atoms with Gasteiger partial charge in [-0.15, -0.1) is 0 Å². The molecule has 0 aromatic carbocycles. The van der Waals surface area contributed by atoms with E-state index in [0.717, 1.165) is 4.90 Å². The Labute approximate surface area is 174 Å². The van der Waals surface area contributed by atoms with Gasteiger partial charge < -0.3 is 10.2 Å². The average molecular weight is 424 g/mol. The van der Waals surface area contributed by atoms with Crippen molar-refractivity contribution in [3.8, 4) is 0 Å². The van der Waals surface area contributed by atoms with Crippen molar-refractivity contribution >= 4 is 29.5 Å². The summed E-state index contributed by atoms with van der Waals surface area (Å²) in [6.45, 7) is 2.84. The number of amides is 2. The summed E-state index contributed by atoms with van der Waals surface area (Å²) >= 11 is 0. The van der Waals surface area contributed by atoms with E-state index in [-0.39, 0.29) is 50.2 Å². The number of rotatable bonds is 10. The quantitative estimate of drug-likeness (QED) is 0.392. The maximum absolute atomic E-state index is 12.4. The number of Topliss-reactive ketones (excluding diaryl/α,β-unsaturated/α-hetero) is 1. The van der Waals surface area contributed by atoms with Gasteiger partial charge in [0.05, 0.1) is 19.6 Å². The molecule has 0 atom stereocenters. The van der Waals surface area contributed by atoms with Crippen LogP contribution in [0.15, 0.2) is 12.2 Å². The monoisotopic (exact) mass is 424 g/mol. The van der Waals surface area contributed by atoms with Crippen molar-refractivity contribution in [1.82, 2.24) is 19.6 Å². The Balaban J connectivity index is 1.85. The van der Waals surface area contributed by atoms with Crippen molar-refractivity contribution in [3.05, 3.63) is 12.2 Å². The van der Waals surface area contributed by atoms with Crippen LogP contribution in [0, 0.1) is 0 Å². The summed E-state index contributed by atoms with van der Waals surface area (Å²) < 4.78 is 0. The van der Waals surface area contributed by atoms with Crippen molar-refractivity contribution in [2.24, 2.45) is 0 Å². The summed E-state index contributed by atoms with van der Waals surface area (Å²) in [6.07, 6.45) is 3.01. The zero-order valence-electron chi connectivity index (χ0n) is 16.9. The highest BCUT2D eigenvalue weighted by molar-refractivity contribution is 6.12. The molecule has 11 nitrogen and oxygen atoms in total. The minimum absolute atomic E-state index is 0.0455. The fraction of sp³-hybridized carbons (Fsp3) is 0.632. The molecule has 0 radical (unpaired) electrons. The number of hydrogen-bond acceptors (Lipinski definition) is 8. The normalized spacial score (nSPS) is 19.5. The fourth-order valence-electron chi connectivity index (χ4n) is 3.46. The second-order valence-corrected chi connectivity index (χ2v) is 7.42. The van der Waals surface area contributed by atoms with Crippen LogP contribution in [0.5, 0.6) is 0 Å². The van der Waals surface area contributed by atoms with Gasteiger partial charge in [-0.05, 0) is 6.42 Å². The summed E-state index contributed by atoms with van der Waals surface area (Å²) in [7, 11) is 0. The number of aliphatic carboxylic acids is 2. The van der Waals surface area contributed by atoms with Crippen LogP contribution in [0.4, 0.5) is 0 Å². The molecule has 1 fully saturated rings. The predicted octanol–water partition coefficient (Wildman–Crippen LogP) is -1.65. The van der Waals surface area contributed by atoms with Crippen LogP contribution in [0.1, 0.15) is 12.8 Å². The van der Waals surface area contributed by atoms with Gasteiger partial charge in [-0.25, -0.2) is 0 Å². The molecule has 30 heavy (non-hydrogen) atoms. The lowest BCUT2D eigenvalue weighted by Gasteiger charge is -2.24. The molecule has 0 aromatic heterocycles. The highest BCUT2D eigenvalue weighted by atomic mass is 16.4. The first-order valence-electron chi connectivity index (χ1n) is 9.90. The minimum atomic E-state index is -0.956. The van der Waals surface area contributed by atoms with E-state index in [0.29, 0.717) is 45.7 Å². The lowest BCUT2D eigenvalue weighted by atomic mass is 10.2. The Morgan fingerprint density at radius 3 is 1.53 bits per heavy atom. The molecule has 2 N–H and O–H groups in total. The Morgan fingerprint density at radius 1 is 0.733 bits per heavy atom. The van der Waals surface area contributed by atoms with E-state index in [4.69, 9.17) is 10.2 Å². The third-order valence-electron chi connectivity index (χ3n) is 5.05. The van der Waals surface area contributed by atoms with Gasteiger partial charge in [0.2, 0.25) is 0 Å². The van der Waals surface area contributed by atoms with E-state index in [1.54, 1.807) is 9.80 Å². The van der Waals surface area contributed by atoms with Gasteiger partial charge in [-0.2, -0.15) is 0 Å². The van der Waals surface area contributed by atoms with Gasteiger partial charge in [0.1, 0.15) is 5.78 Å². The van der Waals surface area contributed by atoms with Gasteiger partial charge in [0.25, 0.3) is 11.8 Å². The molecule has 0 saturated carbocycles. The standard InChI is InChI=1S/C19H28N4O7/c24-15(2-1-5-23-16(25)3-4-17(23)26)12-20-6-8-21(13-18(27)28)10-11-22(9-7-20)14-19(29)30/h3-4H,1-2,5-14H2,(H,27,28)(H,29,30). The van der Waals surface area contributed by atoms with E-state index in [1.165, 1.54) is 12.2 Å². The molecule has 1 saturated heterocycles. The van der Waals surface area contributed by atoms with Crippen LogP contribution in [0.25, 0.3) is 0 Å². The van der Waals surface area contributed by atoms with Gasteiger partial charge in [-0.3, -0.25) is 43.6 Å². The SMILES string of the molecule is O=C(O)CN1CCN(CC(=O)O)CCN(CC(=O)CCCN2C(=O)C=CC2=O)CC1. The maximum atomic E-state index is 12.4. The van der Waals surface area contributed by atoms with Crippen molar-refractivity contribution in [2.75, 3.05) is 65.4 Å². The molecule has 2 rings (SSSR count). The van der Waals surface area contributed by atoms with E-state index < -0.39 is 11.9 Å². The summed E-state index contributed by atoms with van der Waals surface area (Å²) in [5.41, 5.74) is 0. The zero-order chi connectivity index (χ0) is 22.1. The molecule has 0 bridgehead atoms. The first-order valence-corrected chi connectivity index (χ1v) is 9.90. The van der Waals surface area contributed by atoms with Crippen LogP contribution in [-0.4, -0.2) is 125 Å². The van der Waals surface area contributed by atoms with Crippen molar-refractivity contribution in [3.63, 3.8) is 0 Å². The van der Waals surface area contributed by atoms with Crippen LogP contribution in [0.3, 0.4) is 0 Å². The molecule has 0 spiro atoms. The smallest absolute Gasteiger partial charge is 0.317 e. The molecule has 0 aromatic rings. The highest BCUT2D eigenvalue weighted by Gasteiger charge is 2.23. The Kier molecular flexibility index (Phi) is 9.09. The predicted molar refractivity (Wildman–Crippen MR) is 105 cm³/mol. The number of carboxylic acid groups (broad SMARTS) is 2. The van der Waals surface area contributed by atoms with Crippen molar-refractivity contribution in [1.29, 1.82) is 0 Å². The molecule has 166 valence electrons. The summed E-state index contributed by atoms with van der Waals surface area (Å²) in [6, 6.07) is 0. The molecule has 2 heterocycles. The second-order valence-electron chi connectivity index (χ2n) is 7.42. The minimum Gasteiger partial charge on any atom is -0.480 e. The average Bonchev–Trinajstić information content (AvgIpc) is 3.01. The summed E-state index contributed by atoms with van der Waals surface area (Å²) in [5.74, 6) is -2.70. The summed E-state index contributed by atoms with van der Waals surface area (Å²) in [5, 5.41) is 18.1. The molecular weight excluding hydrogens is 396 g/mol. The third kappa shape index (κ3) is 8.01. The van der Waals surface area contributed by atoms with Crippen LogP contribution >= 0.6 is 0 Å². The van der Waals surface area contributed by atoms with E-state index in [9.17, 15) is 24.0 Å². The first-order chi connectivity index (χ1) is 14.2. The highest BCUT2D eigenvalue weighted by Crippen LogP contribution is 2.07. The fourth-order valence-corrected chi connectivity index (χ4v) is 3.46. The topological polar surface area (TPSA) is 139 Å². The van der Waals surface area contributed by atoms with Gasteiger partial charge in [0, 0.05) is 64.4 Å². The van der Waals surface area contributed by atoms with Gasteiger partial charge >= 0.3 is 11.9 Å². The zero-order valence-corrected chi connectivity index (χ0v) is 16.9. The third-order valence-corrected chi connectivity index (χ3v) is 5.05. The number of carbonyl (C=O) groups excluding carboxylic acids is 3. The maximum Gasteiger partial charge on any atom is 0.317 e. The van der Waals surface area contributed by atoms with Crippen molar-refractivity contribution in [2.45, 2.75) is 12.8 Å². The Hall–Kier alpha value is -2.63. The molecule has 11 heteroatoms. The van der Waals surface area contributed by atoms with Crippen LogP contribution in [0.2, 0.25) is 0 Å². The second kappa shape index (κ2) is 11.5. The Morgan fingerprint density at radius 2 is 1.13 bits per heavy atom. The number of nitrogens with zero attached hydrogens (tertiary/aromatic N) is 4. The number of hydrogen-bond donors (Lipinski definition) is 2. The van der Waals surface area contributed by atoms with Crippen molar-refractivity contribution < 1.29 is 34.2 Å². The van der Waals surface area contributed by atoms with Crippen LogP contribution in [-0.2, 0) is 24.0 Å². The van der Waals surface area contributed by atoms with Gasteiger partial charge in [-0.1, -0.05) is 0 Å².